The van der Waals surface area contributed by atoms with Gasteiger partial charge in [0.15, 0.2) is 5.76 Å². The second kappa shape index (κ2) is 8.69. The van der Waals surface area contributed by atoms with Gasteiger partial charge in [0.25, 0.3) is 0 Å². The fraction of sp³-hybridized carbons (Fsp3) is 0.185. The van der Waals surface area contributed by atoms with Gasteiger partial charge < -0.3 is 9.15 Å². The predicted molar refractivity (Wildman–Crippen MR) is 133 cm³/mol. The molecule has 1 heterocycles. The molecule has 0 unspecified atom stereocenters. The third kappa shape index (κ3) is 4.68. The van der Waals surface area contributed by atoms with E-state index in [9.17, 15) is 9.59 Å². The predicted octanol–water partition coefficient (Wildman–Crippen LogP) is 7.59. The molecule has 4 aromatic rings. The Morgan fingerprint density at radius 1 is 0.939 bits per heavy atom. The van der Waals surface area contributed by atoms with Crippen molar-refractivity contribution in [3.8, 4) is 17.1 Å². The van der Waals surface area contributed by atoms with Crippen molar-refractivity contribution < 1.29 is 13.9 Å². The summed E-state index contributed by atoms with van der Waals surface area (Å²) in [6, 6.07) is 17.3. The number of benzene rings is 3. The highest BCUT2D eigenvalue weighted by Gasteiger charge is 2.23. The summed E-state index contributed by atoms with van der Waals surface area (Å²) in [6.45, 7) is 8.26. The molecule has 0 N–H and O–H groups in total. The number of carbonyl (C=O) groups excluding carboxylic acids is 1. The Morgan fingerprint density at radius 3 is 2.27 bits per heavy atom. The van der Waals surface area contributed by atoms with Crippen LogP contribution in [0.15, 0.2) is 69.9 Å². The maximum atomic E-state index is 13.4. The van der Waals surface area contributed by atoms with E-state index in [-0.39, 0.29) is 27.5 Å². The monoisotopic (exact) mass is 480 g/mol. The van der Waals surface area contributed by atoms with Crippen LogP contribution in [0.2, 0.25) is 10.0 Å². The molecule has 33 heavy (non-hydrogen) atoms. The molecular formula is C27H22Cl2O4. The molecule has 0 fully saturated rings. The van der Waals surface area contributed by atoms with Gasteiger partial charge in [-0.3, -0.25) is 4.79 Å². The summed E-state index contributed by atoms with van der Waals surface area (Å²) in [4.78, 5) is 26.3. The molecule has 0 spiro atoms. The van der Waals surface area contributed by atoms with Crippen LogP contribution in [0.4, 0.5) is 0 Å². The van der Waals surface area contributed by atoms with Crippen LogP contribution >= 0.6 is 23.2 Å². The molecule has 0 radical (unpaired) electrons. The van der Waals surface area contributed by atoms with Crippen molar-refractivity contribution in [2.24, 2.45) is 0 Å². The van der Waals surface area contributed by atoms with Crippen molar-refractivity contribution in [2.45, 2.75) is 33.1 Å². The van der Waals surface area contributed by atoms with Gasteiger partial charge in [0.05, 0.1) is 16.0 Å². The lowest BCUT2D eigenvalue weighted by atomic mass is 9.86. The molecular weight excluding hydrogens is 459 g/mol. The maximum Gasteiger partial charge on any atom is 0.345 e. The lowest BCUT2D eigenvalue weighted by Gasteiger charge is -2.19. The minimum Gasteiger partial charge on any atom is -0.452 e. The standard InChI is InChI=1S/C27H22Cl2O4/c1-15-5-11-20-22(13-15)32-24(16-6-8-17(9-7-16)27(2,3)4)25(23(20)30)33-26(31)19-12-10-18(28)14-21(19)29/h5-14H,1-4H3. The highest BCUT2D eigenvalue weighted by Crippen LogP contribution is 2.34. The third-order valence-electron chi connectivity index (χ3n) is 5.37. The number of hydrogen-bond donors (Lipinski definition) is 0. The summed E-state index contributed by atoms with van der Waals surface area (Å²) in [5.41, 5.74) is 2.71. The summed E-state index contributed by atoms with van der Waals surface area (Å²) >= 11 is 12.1. The lowest BCUT2D eigenvalue weighted by molar-refractivity contribution is 0.0731. The first-order chi connectivity index (χ1) is 15.5. The van der Waals surface area contributed by atoms with Gasteiger partial charge in [0.2, 0.25) is 11.2 Å². The van der Waals surface area contributed by atoms with Crippen molar-refractivity contribution in [1.29, 1.82) is 0 Å². The van der Waals surface area contributed by atoms with Gasteiger partial charge in [-0.2, -0.15) is 0 Å². The largest absolute Gasteiger partial charge is 0.452 e. The van der Waals surface area contributed by atoms with Gasteiger partial charge in [-0.1, -0.05) is 74.3 Å². The van der Waals surface area contributed by atoms with Crippen LogP contribution < -0.4 is 10.2 Å². The van der Waals surface area contributed by atoms with Gasteiger partial charge in [-0.15, -0.1) is 0 Å². The van der Waals surface area contributed by atoms with Crippen molar-refractivity contribution in [1.82, 2.24) is 0 Å². The number of fused-ring (bicyclic) bond motifs is 1. The molecule has 0 saturated carbocycles. The van der Waals surface area contributed by atoms with Crippen LogP contribution in [0.1, 0.15) is 42.3 Å². The Bertz CT molecular complexity index is 1430. The molecule has 0 amide bonds. The molecule has 0 atom stereocenters. The van der Waals surface area contributed by atoms with Crippen LogP contribution in [0.3, 0.4) is 0 Å². The number of ether oxygens (including phenoxy) is 1. The summed E-state index contributed by atoms with van der Waals surface area (Å²) in [7, 11) is 0. The summed E-state index contributed by atoms with van der Waals surface area (Å²) in [5, 5.41) is 0.835. The second-order valence-corrected chi connectivity index (χ2v) is 9.77. The fourth-order valence-corrected chi connectivity index (χ4v) is 3.98. The van der Waals surface area contributed by atoms with Crippen LogP contribution in [-0.2, 0) is 5.41 Å². The zero-order valence-corrected chi connectivity index (χ0v) is 20.2. The number of aryl methyl sites for hydroxylation is 1. The summed E-state index contributed by atoms with van der Waals surface area (Å²) < 4.78 is 11.7. The fourth-order valence-electron chi connectivity index (χ4n) is 3.49. The molecule has 0 aliphatic rings. The van der Waals surface area contributed by atoms with Crippen molar-refractivity contribution in [3.63, 3.8) is 0 Å². The number of esters is 1. The highest BCUT2D eigenvalue weighted by molar-refractivity contribution is 6.36. The number of hydrogen-bond acceptors (Lipinski definition) is 4. The van der Waals surface area contributed by atoms with Gasteiger partial charge in [0.1, 0.15) is 5.58 Å². The Kier molecular flexibility index (Phi) is 6.08. The molecule has 0 aliphatic heterocycles. The molecule has 3 aromatic carbocycles. The van der Waals surface area contributed by atoms with Gasteiger partial charge in [-0.05, 0) is 53.8 Å². The lowest BCUT2D eigenvalue weighted by Crippen LogP contribution is -2.17. The second-order valence-electron chi connectivity index (χ2n) is 8.93. The first-order valence-electron chi connectivity index (χ1n) is 10.4. The van der Waals surface area contributed by atoms with E-state index in [0.717, 1.165) is 11.1 Å². The van der Waals surface area contributed by atoms with E-state index in [4.69, 9.17) is 32.4 Å². The molecule has 1 aromatic heterocycles. The molecule has 168 valence electrons. The molecule has 0 bridgehead atoms. The quantitative estimate of drug-likeness (QED) is 0.283. The summed E-state index contributed by atoms with van der Waals surface area (Å²) in [5.74, 6) is -0.786. The van der Waals surface area contributed by atoms with Crippen LogP contribution in [0, 0.1) is 6.92 Å². The van der Waals surface area contributed by atoms with E-state index in [2.05, 4.69) is 20.8 Å². The zero-order chi connectivity index (χ0) is 23.9. The molecule has 6 heteroatoms. The average molecular weight is 481 g/mol. The van der Waals surface area contributed by atoms with E-state index in [0.29, 0.717) is 21.6 Å². The summed E-state index contributed by atoms with van der Waals surface area (Å²) in [6.07, 6.45) is 0. The maximum absolute atomic E-state index is 13.4. The van der Waals surface area contributed by atoms with E-state index in [1.807, 2.05) is 31.2 Å². The topological polar surface area (TPSA) is 56.5 Å². The highest BCUT2D eigenvalue weighted by atomic mass is 35.5. The first kappa shape index (κ1) is 23.1. The molecule has 0 saturated heterocycles. The van der Waals surface area contributed by atoms with E-state index < -0.39 is 11.4 Å². The van der Waals surface area contributed by atoms with Gasteiger partial charge >= 0.3 is 5.97 Å². The Hall–Kier alpha value is -3.08. The first-order valence-corrected chi connectivity index (χ1v) is 11.2. The number of rotatable bonds is 3. The van der Waals surface area contributed by atoms with Crippen LogP contribution in [0.5, 0.6) is 5.75 Å². The van der Waals surface area contributed by atoms with Crippen molar-refractivity contribution in [3.05, 3.63) is 97.6 Å². The molecule has 0 aliphatic carbocycles. The Morgan fingerprint density at radius 2 is 1.64 bits per heavy atom. The minimum atomic E-state index is -0.775. The Labute approximate surface area is 201 Å². The van der Waals surface area contributed by atoms with Gasteiger partial charge in [0, 0.05) is 10.6 Å². The van der Waals surface area contributed by atoms with Crippen LogP contribution in [0.25, 0.3) is 22.3 Å². The SMILES string of the molecule is Cc1ccc2c(=O)c(OC(=O)c3ccc(Cl)cc3Cl)c(-c3ccc(C(C)(C)C)cc3)oc2c1. The zero-order valence-electron chi connectivity index (χ0n) is 18.7. The van der Waals surface area contributed by atoms with Crippen molar-refractivity contribution in [2.75, 3.05) is 0 Å². The normalized spacial score (nSPS) is 11.6. The van der Waals surface area contributed by atoms with E-state index in [1.165, 1.54) is 18.2 Å². The van der Waals surface area contributed by atoms with E-state index >= 15 is 0 Å². The average Bonchev–Trinajstić information content (AvgIpc) is 2.74. The molecule has 4 nitrogen and oxygen atoms in total. The van der Waals surface area contributed by atoms with Crippen LogP contribution in [-0.4, -0.2) is 5.97 Å². The number of carbonyl (C=O) groups is 1. The number of halogens is 2. The van der Waals surface area contributed by atoms with Gasteiger partial charge in [-0.25, -0.2) is 4.79 Å². The van der Waals surface area contributed by atoms with E-state index in [1.54, 1.807) is 18.2 Å². The molecule has 4 rings (SSSR count). The third-order valence-corrected chi connectivity index (χ3v) is 5.91. The Balaban J connectivity index is 1.88. The smallest absolute Gasteiger partial charge is 0.345 e. The minimum absolute atomic E-state index is 0.0412. The van der Waals surface area contributed by atoms with Crippen molar-refractivity contribution >= 4 is 40.1 Å².